The number of aldehydes is 1. The zero-order valence-electron chi connectivity index (χ0n) is 10.5. The molecule has 4 heteroatoms. The van der Waals surface area contributed by atoms with Gasteiger partial charge in [0.2, 0.25) is 0 Å². The normalized spacial score (nSPS) is 21.1. The zero-order valence-corrected chi connectivity index (χ0v) is 10.5. The van der Waals surface area contributed by atoms with Crippen LogP contribution in [0.5, 0.6) is 0 Å². The molecule has 0 radical (unpaired) electrons. The number of likely N-dealkylation sites (N-methyl/N-ethyl adjacent to an activating group) is 1. The van der Waals surface area contributed by atoms with Gasteiger partial charge in [0.25, 0.3) is 0 Å². The van der Waals surface area contributed by atoms with E-state index in [0.29, 0.717) is 19.8 Å². The third-order valence-corrected chi connectivity index (χ3v) is 3.71. The van der Waals surface area contributed by atoms with Crippen LogP contribution < -0.4 is 0 Å². The fourth-order valence-electron chi connectivity index (χ4n) is 1.90. The van der Waals surface area contributed by atoms with E-state index in [1.54, 1.807) is 0 Å². The van der Waals surface area contributed by atoms with Crippen LogP contribution in [0.3, 0.4) is 0 Å². The first-order chi connectivity index (χ1) is 7.46. The average molecular weight is 229 g/mol. The van der Waals surface area contributed by atoms with E-state index in [9.17, 15) is 9.90 Å². The van der Waals surface area contributed by atoms with Crippen LogP contribution in [0.4, 0.5) is 0 Å². The molecular weight excluding hydrogens is 206 g/mol. The van der Waals surface area contributed by atoms with Crippen molar-refractivity contribution in [1.29, 1.82) is 0 Å². The van der Waals surface area contributed by atoms with Gasteiger partial charge in [-0.2, -0.15) is 0 Å². The van der Waals surface area contributed by atoms with Crippen LogP contribution in [0.2, 0.25) is 0 Å². The number of hydrogen-bond acceptors (Lipinski definition) is 4. The number of aliphatic hydroxyl groups excluding tert-OH is 1. The van der Waals surface area contributed by atoms with Crippen molar-refractivity contribution in [3.8, 4) is 0 Å². The van der Waals surface area contributed by atoms with Gasteiger partial charge in [-0.25, -0.2) is 0 Å². The summed E-state index contributed by atoms with van der Waals surface area (Å²) in [6, 6.07) is 0. The maximum atomic E-state index is 11.3. The van der Waals surface area contributed by atoms with Gasteiger partial charge in [-0.1, -0.05) is 0 Å². The molecule has 94 valence electrons. The number of aliphatic hydroxyl groups is 1. The van der Waals surface area contributed by atoms with Crippen molar-refractivity contribution >= 4 is 6.29 Å². The highest BCUT2D eigenvalue weighted by Crippen LogP contribution is 2.30. The van der Waals surface area contributed by atoms with Gasteiger partial charge < -0.3 is 14.6 Å². The summed E-state index contributed by atoms with van der Waals surface area (Å²) < 4.78 is 5.29. The van der Waals surface area contributed by atoms with Gasteiger partial charge in [0.15, 0.2) is 0 Å². The highest BCUT2D eigenvalue weighted by molar-refractivity contribution is 5.60. The number of carbonyl (C=O) groups excluding carboxylic acids is 1. The molecular formula is C12H23NO3. The quantitative estimate of drug-likeness (QED) is 0.705. The van der Waals surface area contributed by atoms with Crippen molar-refractivity contribution in [2.45, 2.75) is 32.2 Å². The highest BCUT2D eigenvalue weighted by atomic mass is 16.5. The van der Waals surface area contributed by atoms with E-state index in [2.05, 4.69) is 4.90 Å². The number of carbonyl (C=O) groups is 1. The lowest BCUT2D eigenvalue weighted by molar-refractivity contribution is -0.124. The second-order valence-corrected chi connectivity index (χ2v) is 5.42. The van der Waals surface area contributed by atoms with Gasteiger partial charge in [0.1, 0.15) is 6.29 Å². The molecule has 1 aliphatic heterocycles. The topological polar surface area (TPSA) is 49.8 Å². The molecule has 0 amide bonds. The summed E-state index contributed by atoms with van der Waals surface area (Å²) >= 11 is 0. The molecule has 0 aromatic carbocycles. The van der Waals surface area contributed by atoms with Crippen LogP contribution in [0, 0.1) is 5.41 Å². The van der Waals surface area contributed by atoms with Crippen molar-refractivity contribution in [2.75, 3.05) is 33.4 Å². The predicted molar refractivity (Wildman–Crippen MR) is 62.3 cm³/mol. The van der Waals surface area contributed by atoms with E-state index in [4.69, 9.17) is 4.74 Å². The second-order valence-electron chi connectivity index (χ2n) is 5.42. The van der Waals surface area contributed by atoms with E-state index in [1.165, 1.54) is 0 Å². The van der Waals surface area contributed by atoms with E-state index in [-0.39, 0.29) is 17.6 Å². The molecule has 0 aliphatic carbocycles. The van der Waals surface area contributed by atoms with Crippen LogP contribution in [0.1, 0.15) is 26.7 Å². The Bertz CT molecular complexity index is 234. The molecule has 1 aliphatic rings. The molecule has 1 rings (SSSR count). The van der Waals surface area contributed by atoms with Crippen LogP contribution in [0.15, 0.2) is 0 Å². The molecule has 0 spiro atoms. The van der Waals surface area contributed by atoms with Crippen molar-refractivity contribution in [1.82, 2.24) is 4.90 Å². The highest BCUT2D eigenvalue weighted by Gasteiger charge is 2.36. The summed E-state index contributed by atoms with van der Waals surface area (Å²) in [5, 5.41) is 9.30. The molecule has 1 N–H and O–H groups in total. The van der Waals surface area contributed by atoms with Gasteiger partial charge in [0.05, 0.1) is 6.61 Å². The lowest BCUT2D eigenvalue weighted by Gasteiger charge is -2.41. The predicted octanol–water partition coefficient (Wildman–Crippen LogP) is 0.685. The van der Waals surface area contributed by atoms with Crippen molar-refractivity contribution in [3.05, 3.63) is 0 Å². The Labute approximate surface area is 97.6 Å². The molecule has 0 bridgehead atoms. The van der Waals surface area contributed by atoms with E-state index >= 15 is 0 Å². The number of nitrogens with zero attached hydrogens (tertiary/aromatic N) is 1. The first kappa shape index (κ1) is 13.6. The maximum absolute atomic E-state index is 11.3. The molecule has 1 saturated heterocycles. The lowest BCUT2D eigenvalue weighted by Crippen LogP contribution is -2.51. The van der Waals surface area contributed by atoms with E-state index in [1.807, 2.05) is 20.9 Å². The molecule has 0 atom stereocenters. The van der Waals surface area contributed by atoms with Gasteiger partial charge >= 0.3 is 0 Å². The third kappa shape index (κ3) is 3.03. The van der Waals surface area contributed by atoms with E-state index in [0.717, 1.165) is 19.1 Å². The zero-order chi connectivity index (χ0) is 12.2. The molecule has 1 fully saturated rings. The molecule has 0 aromatic rings. The number of rotatable bonds is 5. The summed E-state index contributed by atoms with van der Waals surface area (Å²) in [6.07, 6.45) is 2.63. The van der Waals surface area contributed by atoms with Crippen LogP contribution in [-0.4, -0.2) is 55.2 Å². The summed E-state index contributed by atoms with van der Waals surface area (Å²) in [6.45, 7) is 6.05. The third-order valence-electron chi connectivity index (χ3n) is 3.71. The fraction of sp³-hybridized carbons (Fsp3) is 0.917. The molecule has 0 saturated carbocycles. The minimum absolute atomic E-state index is 0.0922. The molecule has 16 heavy (non-hydrogen) atoms. The maximum Gasteiger partial charge on any atom is 0.127 e. The van der Waals surface area contributed by atoms with E-state index < -0.39 is 0 Å². The Hall–Kier alpha value is -0.450. The molecule has 4 nitrogen and oxygen atoms in total. The smallest absolute Gasteiger partial charge is 0.127 e. The standard InChI is InChI=1S/C12H23NO3/c1-11(2,9-14)13(3)8-12(10-15)4-6-16-7-5-12/h10,14H,4-9H2,1-3H3. The first-order valence-electron chi connectivity index (χ1n) is 5.82. The second kappa shape index (κ2) is 5.25. The van der Waals surface area contributed by atoms with Crippen LogP contribution >= 0.6 is 0 Å². The van der Waals surface area contributed by atoms with Crippen molar-refractivity contribution < 1.29 is 14.6 Å². The average Bonchev–Trinajstić information content (AvgIpc) is 2.30. The number of hydrogen-bond donors (Lipinski definition) is 1. The monoisotopic (exact) mass is 229 g/mol. The fourth-order valence-corrected chi connectivity index (χ4v) is 1.90. The summed E-state index contributed by atoms with van der Waals surface area (Å²) in [7, 11) is 1.96. The van der Waals surface area contributed by atoms with Crippen LogP contribution in [-0.2, 0) is 9.53 Å². The molecule has 0 unspecified atom stereocenters. The Morgan fingerprint density at radius 3 is 2.44 bits per heavy atom. The minimum Gasteiger partial charge on any atom is -0.394 e. The molecule has 0 aromatic heterocycles. The van der Waals surface area contributed by atoms with Gasteiger partial charge in [0, 0.05) is 30.7 Å². The van der Waals surface area contributed by atoms with Gasteiger partial charge in [-0.05, 0) is 33.7 Å². The summed E-state index contributed by atoms with van der Waals surface area (Å²) in [4.78, 5) is 13.4. The molecule has 1 heterocycles. The van der Waals surface area contributed by atoms with Crippen molar-refractivity contribution in [2.24, 2.45) is 5.41 Å². The first-order valence-corrected chi connectivity index (χ1v) is 5.82. The van der Waals surface area contributed by atoms with Crippen LogP contribution in [0.25, 0.3) is 0 Å². The Morgan fingerprint density at radius 2 is 2.00 bits per heavy atom. The number of ether oxygens (including phenoxy) is 1. The Kier molecular flexibility index (Phi) is 4.47. The Morgan fingerprint density at radius 1 is 1.44 bits per heavy atom. The summed E-state index contributed by atoms with van der Waals surface area (Å²) in [5.41, 5.74) is -0.576. The van der Waals surface area contributed by atoms with Crippen molar-refractivity contribution in [3.63, 3.8) is 0 Å². The van der Waals surface area contributed by atoms with Gasteiger partial charge in [-0.3, -0.25) is 4.90 Å². The van der Waals surface area contributed by atoms with Gasteiger partial charge in [-0.15, -0.1) is 0 Å². The summed E-state index contributed by atoms with van der Waals surface area (Å²) in [5.74, 6) is 0. The SMILES string of the molecule is CN(CC1(C=O)CCOCC1)C(C)(C)CO. The largest absolute Gasteiger partial charge is 0.394 e. The minimum atomic E-state index is -0.292. The Balaban J connectivity index is 2.65. The lowest BCUT2D eigenvalue weighted by atomic mass is 9.80.